The summed E-state index contributed by atoms with van der Waals surface area (Å²) in [5, 5.41) is 5.22. The Morgan fingerprint density at radius 3 is 2.42 bits per heavy atom. The molecule has 2 aromatic rings. The van der Waals surface area contributed by atoms with E-state index < -0.39 is 21.8 Å². The number of amides is 2. The van der Waals surface area contributed by atoms with Crippen molar-refractivity contribution in [2.24, 2.45) is 0 Å². The first-order valence-corrected chi connectivity index (χ1v) is 9.12. The third-order valence-electron chi connectivity index (χ3n) is 2.88. The van der Waals surface area contributed by atoms with Crippen LogP contribution in [0, 0.1) is 0 Å². The summed E-state index contributed by atoms with van der Waals surface area (Å²) < 4.78 is 30.6. The van der Waals surface area contributed by atoms with Crippen molar-refractivity contribution in [3.63, 3.8) is 0 Å². The molecule has 26 heavy (non-hydrogen) atoms. The van der Waals surface area contributed by atoms with Crippen LogP contribution in [0.5, 0.6) is 0 Å². The van der Waals surface area contributed by atoms with Gasteiger partial charge in [-0.05, 0) is 54.7 Å². The number of carbonyl (C=O) groups is 2. The van der Waals surface area contributed by atoms with E-state index in [1.165, 1.54) is 42.7 Å². The number of hydrogen-bond acceptors (Lipinski definition) is 6. The van der Waals surface area contributed by atoms with Crippen molar-refractivity contribution in [2.45, 2.75) is 11.8 Å². The number of thiocarbonyl (C=S) groups is 1. The highest BCUT2D eigenvalue weighted by atomic mass is 32.2. The number of hydrogen-bond donors (Lipinski definition) is 3. The van der Waals surface area contributed by atoms with E-state index in [9.17, 15) is 18.0 Å². The van der Waals surface area contributed by atoms with Crippen LogP contribution in [0.4, 0.5) is 5.69 Å². The Hall–Kier alpha value is -2.98. The molecule has 136 valence electrons. The molecule has 2 rings (SSSR count). The third-order valence-corrected chi connectivity index (χ3v) is 4.53. The van der Waals surface area contributed by atoms with Crippen molar-refractivity contribution in [1.82, 2.24) is 10.0 Å². The molecule has 0 radical (unpaired) electrons. The second-order valence-electron chi connectivity index (χ2n) is 4.98. The van der Waals surface area contributed by atoms with Gasteiger partial charge in [-0.15, -0.1) is 0 Å². The smallest absolute Gasteiger partial charge is 0.264 e. The Bertz CT molecular complexity index is 933. The molecule has 0 aliphatic carbocycles. The van der Waals surface area contributed by atoms with Gasteiger partial charge in [-0.1, -0.05) is 0 Å². The van der Waals surface area contributed by atoms with Crippen molar-refractivity contribution in [3.8, 4) is 0 Å². The van der Waals surface area contributed by atoms with Gasteiger partial charge in [0.15, 0.2) is 5.11 Å². The summed E-state index contributed by atoms with van der Waals surface area (Å²) in [6.45, 7) is 1.11. The summed E-state index contributed by atoms with van der Waals surface area (Å²) in [7, 11) is -3.90. The van der Waals surface area contributed by atoms with Gasteiger partial charge in [-0.2, -0.15) is 0 Å². The Morgan fingerprint density at radius 2 is 1.85 bits per heavy atom. The second kappa shape index (κ2) is 8.41. The molecular weight excluding hydrogens is 378 g/mol. The Kier molecular flexibility index (Phi) is 6.26. The molecule has 0 spiro atoms. The lowest BCUT2D eigenvalue weighted by molar-refractivity contribution is -0.117. The molecule has 1 heterocycles. The molecule has 1 aromatic carbocycles. The molecule has 1 aromatic heterocycles. The van der Waals surface area contributed by atoms with Crippen LogP contribution >= 0.6 is 12.2 Å². The third kappa shape index (κ3) is 5.83. The van der Waals surface area contributed by atoms with Crippen molar-refractivity contribution < 1.29 is 22.4 Å². The topological polar surface area (TPSA) is 118 Å². The van der Waals surface area contributed by atoms with Crippen molar-refractivity contribution in [1.29, 1.82) is 0 Å². The maximum atomic E-state index is 11.8. The van der Waals surface area contributed by atoms with E-state index in [4.69, 9.17) is 16.6 Å². The van der Waals surface area contributed by atoms with E-state index >= 15 is 0 Å². The highest BCUT2D eigenvalue weighted by molar-refractivity contribution is 7.90. The first kappa shape index (κ1) is 19.3. The van der Waals surface area contributed by atoms with E-state index in [1.54, 1.807) is 12.1 Å². The van der Waals surface area contributed by atoms with E-state index in [-0.39, 0.29) is 10.0 Å². The molecule has 0 unspecified atom stereocenters. The highest BCUT2D eigenvalue weighted by Crippen LogP contribution is 2.14. The first-order chi connectivity index (χ1) is 12.3. The Balaban J connectivity index is 1.93. The maximum Gasteiger partial charge on any atom is 0.264 e. The number of sulfonamides is 1. The predicted octanol–water partition coefficient (Wildman–Crippen LogP) is 1.63. The number of nitrogens with one attached hydrogen (secondary N) is 3. The predicted molar refractivity (Wildman–Crippen MR) is 99.5 cm³/mol. The molecule has 8 nitrogen and oxygen atoms in total. The van der Waals surface area contributed by atoms with Crippen molar-refractivity contribution in [3.05, 3.63) is 54.5 Å². The Morgan fingerprint density at radius 1 is 1.15 bits per heavy atom. The van der Waals surface area contributed by atoms with Gasteiger partial charge in [0.2, 0.25) is 11.8 Å². The largest absolute Gasteiger partial charge is 0.465 e. The molecule has 0 saturated carbocycles. The van der Waals surface area contributed by atoms with Gasteiger partial charge in [0.25, 0.3) is 10.0 Å². The van der Waals surface area contributed by atoms with Crippen molar-refractivity contribution in [2.75, 3.05) is 5.32 Å². The standard InChI is InChI=1S/C16H15N3O5S2/c1-11(20)19-26(22,23)14-7-4-12(5-8-14)17-16(25)18-15(21)9-6-13-3-2-10-24-13/h2-10H,1H3,(H,19,20)(H2,17,18,21,25). The van der Waals surface area contributed by atoms with Crippen molar-refractivity contribution >= 4 is 50.9 Å². The summed E-state index contributed by atoms with van der Waals surface area (Å²) in [6.07, 6.45) is 4.23. The lowest BCUT2D eigenvalue weighted by Crippen LogP contribution is -2.32. The van der Waals surface area contributed by atoms with Gasteiger partial charge in [-0.25, -0.2) is 13.1 Å². The van der Waals surface area contributed by atoms with Crippen LogP contribution in [-0.2, 0) is 19.6 Å². The fourth-order valence-corrected chi connectivity index (χ4v) is 3.03. The van der Waals surface area contributed by atoms with E-state index in [1.807, 2.05) is 4.72 Å². The minimum atomic E-state index is -3.90. The summed E-state index contributed by atoms with van der Waals surface area (Å²) in [6, 6.07) is 8.89. The van der Waals surface area contributed by atoms with Crippen LogP contribution in [0.2, 0.25) is 0 Å². The maximum absolute atomic E-state index is 11.8. The number of anilines is 1. The zero-order valence-corrected chi connectivity index (χ0v) is 15.2. The molecular formula is C16H15N3O5S2. The quantitative estimate of drug-likeness (QED) is 0.522. The monoisotopic (exact) mass is 393 g/mol. The van der Waals surface area contributed by atoms with Crippen LogP contribution in [0.15, 0.2) is 58.1 Å². The molecule has 3 N–H and O–H groups in total. The van der Waals surface area contributed by atoms with Gasteiger partial charge < -0.3 is 9.73 Å². The molecule has 10 heteroatoms. The van der Waals surface area contributed by atoms with Crippen LogP contribution in [0.3, 0.4) is 0 Å². The zero-order valence-electron chi connectivity index (χ0n) is 13.6. The van der Waals surface area contributed by atoms with E-state index in [0.717, 1.165) is 6.92 Å². The highest BCUT2D eigenvalue weighted by Gasteiger charge is 2.15. The average Bonchev–Trinajstić information content (AvgIpc) is 3.05. The molecule has 2 amide bonds. The summed E-state index contributed by atoms with van der Waals surface area (Å²) >= 11 is 5.01. The molecule has 0 atom stereocenters. The summed E-state index contributed by atoms with van der Waals surface area (Å²) in [5.74, 6) is -0.613. The number of benzene rings is 1. The van der Waals surface area contributed by atoms with Gasteiger partial charge >= 0.3 is 0 Å². The fraction of sp³-hybridized carbons (Fsp3) is 0.0625. The number of furan rings is 1. The van der Waals surface area contributed by atoms with E-state index in [2.05, 4.69) is 10.6 Å². The number of carbonyl (C=O) groups excluding carboxylic acids is 2. The normalized spacial score (nSPS) is 11.1. The van der Waals surface area contributed by atoms with Gasteiger partial charge in [0, 0.05) is 18.7 Å². The van der Waals surface area contributed by atoms with Gasteiger partial charge in [0.05, 0.1) is 11.2 Å². The summed E-state index contributed by atoms with van der Waals surface area (Å²) in [5.41, 5.74) is 0.465. The van der Waals surface area contributed by atoms with E-state index in [0.29, 0.717) is 11.4 Å². The van der Waals surface area contributed by atoms with Crippen LogP contribution in [-0.4, -0.2) is 25.3 Å². The minimum Gasteiger partial charge on any atom is -0.465 e. The zero-order chi connectivity index (χ0) is 19.2. The number of rotatable bonds is 5. The van der Waals surface area contributed by atoms with Crippen LogP contribution in [0.1, 0.15) is 12.7 Å². The lowest BCUT2D eigenvalue weighted by Gasteiger charge is -2.09. The lowest BCUT2D eigenvalue weighted by atomic mass is 10.3. The second-order valence-corrected chi connectivity index (χ2v) is 7.07. The fourth-order valence-electron chi connectivity index (χ4n) is 1.83. The van der Waals surface area contributed by atoms with Gasteiger partial charge in [0.1, 0.15) is 5.76 Å². The van der Waals surface area contributed by atoms with Gasteiger partial charge in [-0.3, -0.25) is 14.9 Å². The molecule has 0 bridgehead atoms. The molecule has 0 aliphatic rings. The Labute approximate surface area is 155 Å². The molecule has 0 aliphatic heterocycles. The molecule has 0 saturated heterocycles. The van der Waals surface area contributed by atoms with Crippen LogP contribution < -0.4 is 15.4 Å². The average molecular weight is 393 g/mol. The SMILES string of the molecule is CC(=O)NS(=O)(=O)c1ccc(NC(=S)NC(=O)C=Cc2ccco2)cc1. The minimum absolute atomic E-state index is 0.0385. The summed E-state index contributed by atoms with van der Waals surface area (Å²) in [4.78, 5) is 22.6. The van der Waals surface area contributed by atoms with Crippen LogP contribution in [0.25, 0.3) is 6.08 Å². The first-order valence-electron chi connectivity index (χ1n) is 7.23. The molecule has 0 fully saturated rings.